The van der Waals surface area contributed by atoms with Crippen LogP contribution in [-0.2, 0) is 9.53 Å². The van der Waals surface area contributed by atoms with Crippen LogP contribution in [-0.4, -0.2) is 51.8 Å². The Labute approximate surface area is 170 Å². The second-order valence-corrected chi connectivity index (χ2v) is 7.68. The van der Waals surface area contributed by atoms with Crippen LogP contribution < -0.4 is 25.6 Å². The van der Waals surface area contributed by atoms with E-state index in [1.165, 1.54) is 5.69 Å². The lowest BCUT2D eigenvalue weighted by Crippen LogP contribution is -2.53. The van der Waals surface area contributed by atoms with Crippen molar-refractivity contribution in [3.8, 4) is 0 Å². The molecule has 0 unspecified atom stereocenters. The largest absolute Gasteiger partial charge is 0.466 e. The zero-order chi connectivity index (χ0) is 20.4. The number of rotatable bonds is 5. The summed E-state index contributed by atoms with van der Waals surface area (Å²) >= 11 is 0. The van der Waals surface area contributed by atoms with Gasteiger partial charge in [0.05, 0.1) is 12.5 Å². The van der Waals surface area contributed by atoms with Crippen LogP contribution in [0.2, 0.25) is 0 Å². The maximum Gasteiger partial charge on any atom is 0.309 e. The molecule has 2 aliphatic rings. The van der Waals surface area contributed by atoms with E-state index >= 15 is 0 Å². The summed E-state index contributed by atoms with van der Waals surface area (Å²) < 4.78 is 5.11. The summed E-state index contributed by atoms with van der Waals surface area (Å²) in [6, 6.07) is 10.2. The highest BCUT2D eigenvalue weighted by atomic mass is 16.5. The van der Waals surface area contributed by atoms with Crippen LogP contribution in [0.25, 0.3) is 0 Å². The number of carbonyl (C=O) groups is 1. The Balaban J connectivity index is 1.41. The van der Waals surface area contributed by atoms with Gasteiger partial charge < -0.3 is 19.4 Å². The third-order valence-corrected chi connectivity index (χ3v) is 6.01. The fourth-order valence-electron chi connectivity index (χ4n) is 4.38. The third-order valence-electron chi connectivity index (χ3n) is 6.01. The van der Waals surface area contributed by atoms with Crippen molar-refractivity contribution in [3.63, 3.8) is 0 Å². The highest BCUT2D eigenvalue weighted by Crippen LogP contribution is 2.30. The first-order valence-electron chi connectivity index (χ1n) is 10.4. The van der Waals surface area contributed by atoms with Gasteiger partial charge in [-0.2, -0.15) is 0 Å². The molecule has 2 aromatic carbocycles. The average molecular weight is 397 g/mol. The lowest BCUT2D eigenvalue weighted by Gasteiger charge is -2.40. The maximum atomic E-state index is 12.4. The Morgan fingerprint density at radius 2 is 1.38 bits per heavy atom. The zero-order valence-electron chi connectivity index (χ0n) is 16.8. The lowest BCUT2D eigenvalue weighted by atomic mass is 9.95. The molecular weight excluding hydrogens is 370 g/mol. The molecule has 0 bridgehead atoms. The normalized spacial score (nSPS) is 18.3. The molecule has 2 aliphatic heterocycles. The summed E-state index contributed by atoms with van der Waals surface area (Å²) in [5, 5.41) is 0. The van der Waals surface area contributed by atoms with E-state index in [-0.39, 0.29) is 22.7 Å². The zero-order valence-corrected chi connectivity index (χ0v) is 16.8. The quantitative estimate of drug-likeness (QED) is 0.558. The number of ether oxygens (including phenoxy) is 1. The van der Waals surface area contributed by atoms with Crippen LogP contribution in [0.4, 0.5) is 17.1 Å². The number of nitrogens with zero attached hydrogens (tertiary/aromatic N) is 3. The van der Waals surface area contributed by atoms with Crippen molar-refractivity contribution in [1.82, 2.24) is 0 Å². The van der Waals surface area contributed by atoms with Crippen molar-refractivity contribution in [2.24, 2.45) is 5.92 Å². The van der Waals surface area contributed by atoms with Gasteiger partial charge in [0.25, 0.3) is 10.9 Å². The van der Waals surface area contributed by atoms with Gasteiger partial charge in [0.15, 0.2) is 0 Å². The van der Waals surface area contributed by atoms with Gasteiger partial charge >= 0.3 is 5.97 Å². The van der Waals surface area contributed by atoms with Crippen molar-refractivity contribution in [2.45, 2.75) is 19.8 Å². The maximum absolute atomic E-state index is 12.4. The van der Waals surface area contributed by atoms with Gasteiger partial charge in [-0.15, -0.1) is 0 Å². The van der Waals surface area contributed by atoms with Crippen molar-refractivity contribution in [1.29, 1.82) is 0 Å². The first-order chi connectivity index (χ1) is 14.1. The molecule has 4 rings (SSSR count). The molecule has 0 aliphatic carbocycles. The van der Waals surface area contributed by atoms with E-state index < -0.39 is 0 Å². The van der Waals surface area contributed by atoms with Crippen LogP contribution in [0.3, 0.4) is 0 Å². The Bertz CT molecular complexity index is 919. The smallest absolute Gasteiger partial charge is 0.309 e. The highest BCUT2D eigenvalue weighted by Gasteiger charge is 2.34. The molecule has 0 aromatic heterocycles. The van der Waals surface area contributed by atoms with Gasteiger partial charge in [-0.25, -0.2) is 0 Å². The summed E-state index contributed by atoms with van der Waals surface area (Å²) in [7, 11) is 0. The molecule has 29 heavy (non-hydrogen) atoms. The minimum Gasteiger partial charge on any atom is -0.466 e. The number of carbonyl (C=O) groups excluding carboxylic acids is 1. The lowest BCUT2D eigenvalue weighted by molar-refractivity contribution is -0.148. The summed E-state index contributed by atoms with van der Waals surface area (Å²) in [6.07, 6.45) is 1.30. The molecule has 0 atom stereocenters. The minimum atomic E-state index is -0.389. The number of hydrogen-bond donors (Lipinski definition) is 0. The standard InChI is InChI=1S/C22H27N3O4/c1-2-29-22(28)16-8-10-24(11-9-16)18-19(21(27)20(18)26)25-14-12-23(13-15-25)17-6-4-3-5-7-17/h3-7,16H,2,8-15H2,1H3. The number of para-hydroxylation sites is 1. The van der Waals surface area contributed by atoms with Crippen molar-refractivity contribution in [3.05, 3.63) is 50.8 Å². The SMILES string of the molecule is CCOC(=O)C1CCN(c2c(N3CCN(c4ccccc4)CC3)c(=O)c2=O)CC1. The summed E-state index contributed by atoms with van der Waals surface area (Å²) in [4.78, 5) is 43.0. The number of hydrogen-bond acceptors (Lipinski definition) is 7. The second-order valence-electron chi connectivity index (χ2n) is 7.68. The average Bonchev–Trinajstić information content (AvgIpc) is 2.78. The van der Waals surface area contributed by atoms with Crippen molar-refractivity contribution in [2.75, 3.05) is 60.6 Å². The molecule has 154 valence electrons. The van der Waals surface area contributed by atoms with Gasteiger partial charge in [-0.05, 0) is 31.9 Å². The first kappa shape index (κ1) is 19.5. The Morgan fingerprint density at radius 1 is 0.862 bits per heavy atom. The third kappa shape index (κ3) is 3.73. The topological polar surface area (TPSA) is 70.2 Å². The predicted octanol–water partition coefficient (Wildman–Crippen LogP) is 1.39. The summed E-state index contributed by atoms with van der Waals surface area (Å²) in [5.74, 6) is -0.273. The predicted molar refractivity (Wildman–Crippen MR) is 114 cm³/mol. The van der Waals surface area contributed by atoms with E-state index in [9.17, 15) is 14.4 Å². The van der Waals surface area contributed by atoms with Crippen LogP contribution >= 0.6 is 0 Å². The molecule has 2 heterocycles. The highest BCUT2D eigenvalue weighted by molar-refractivity contribution is 5.78. The molecule has 7 nitrogen and oxygen atoms in total. The fraction of sp³-hybridized carbons (Fsp3) is 0.500. The minimum absolute atomic E-state index is 0.115. The first-order valence-corrected chi connectivity index (χ1v) is 10.4. The van der Waals surface area contributed by atoms with E-state index in [1.807, 2.05) is 23.1 Å². The van der Waals surface area contributed by atoms with Gasteiger partial charge in [0.1, 0.15) is 11.4 Å². The number of anilines is 3. The monoisotopic (exact) mass is 397 g/mol. The molecule has 2 fully saturated rings. The molecule has 0 saturated carbocycles. The second kappa shape index (κ2) is 8.27. The van der Waals surface area contributed by atoms with Crippen LogP contribution in [0.15, 0.2) is 39.9 Å². The van der Waals surface area contributed by atoms with Crippen LogP contribution in [0.1, 0.15) is 19.8 Å². The van der Waals surface area contributed by atoms with Gasteiger partial charge in [-0.3, -0.25) is 14.4 Å². The molecule has 0 N–H and O–H groups in total. The molecule has 0 spiro atoms. The van der Waals surface area contributed by atoms with E-state index in [0.29, 0.717) is 57.0 Å². The number of piperidine rings is 1. The van der Waals surface area contributed by atoms with Crippen molar-refractivity contribution < 1.29 is 9.53 Å². The fourth-order valence-corrected chi connectivity index (χ4v) is 4.38. The van der Waals surface area contributed by atoms with E-state index in [1.54, 1.807) is 6.92 Å². The molecule has 0 amide bonds. The number of benzene rings is 1. The Kier molecular flexibility index (Phi) is 5.56. The summed E-state index contributed by atoms with van der Waals surface area (Å²) in [6.45, 7) is 6.45. The van der Waals surface area contributed by atoms with Crippen LogP contribution in [0.5, 0.6) is 0 Å². The van der Waals surface area contributed by atoms with E-state index in [0.717, 1.165) is 13.1 Å². The van der Waals surface area contributed by atoms with E-state index in [2.05, 4.69) is 21.9 Å². The Morgan fingerprint density at radius 3 is 1.93 bits per heavy atom. The number of piperazine rings is 1. The molecule has 0 radical (unpaired) electrons. The number of esters is 1. The van der Waals surface area contributed by atoms with Crippen molar-refractivity contribution >= 4 is 23.0 Å². The summed E-state index contributed by atoms with van der Waals surface area (Å²) in [5.41, 5.74) is 1.53. The molecule has 7 heteroatoms. The van der Waals surface area contributed by atoms with Gasteiger partial charge in [0, 0.05) is 45.0 Å². The molecule has 2 saturated heterocycles. The van der Waals surface area contributed by atoms with Gasteiger partial charge in [-0.1, -0.05) is 18.2 Å². The van der Waals surface area contributed by atoms with Crippen LogP contribution in [0, 0.1) is 5.92 Å². The van der Waals surface area contributed by atoms with Gasteiger partial charge in [0.2, 0.25) is 0 Å². The van der Waals surface area contributed by atoms with E-state index in [4.69, 9.17) is 4.74 Å². The molecular formula is C22H27N3O4. The molecule has 2 aromatic rings. The Hall–Kier alpha value is -2.83.